The molecule has 0 fully saturated rings. The average Bonchev–Trinajstić information content (AvgIpc) is 2.96. The maximum absolute atomic E-state index is 12.5. The molecule has 0 aliphatic carbocycles. The van der Waals surface area contributed by atoms with E-state index in [4.69, 9.17) is 9.47 Å². The van der Waals surface area contributed by atoms with Crippen LogP contribution in [0, 0.1) is 6.92 Å². The van der Waals surface area contributed by atoms with Gasteiger partial charge in [-0.05, 0) is 45.9 Å². The Hall–Kier alpha value is -2.41. The van der Waals surface area contributed by atoms with E-state index in [9.17, 15) is 9.59 Å². The third-order valence-electron chi connectivity index (χ3n) is 3.27. The van der Waals surface area contributed by atoms with Crippen LogP contribution in [0.5, 0.6) is 5.75 Å². The van der Waals surface area contributed by atoms with E-state index in [0.717, 1.165) is 10.7 Å². The van der Waals surface area contributed by atoms with Crippen molar-refractivity contribution in [2.75, 3.05) is 13.6 Å². The van der Waals surface area contributed by atoms with Crippen LogP contribution in [0.15, 0.2) is 29.6 Å². The highest BCUT2D eigenvalue weighted by molar-refractivity contribution is 7.09. The molecule has 0 N–H and O–H groups in total. The Morgan fingerprint density at radius 3 is 2.62 bits per heavy atom. The SMILES string of the molecule is Cc1nc(COc2cccc(C(=O)N(C)CC(=O)OC(C)(C)C)c2)cs1. The second-order valence-electron chi connectivity index (χ2n) is 6.92. The number of benzene rings is 1. The normalized spacial score (nSPS) is 11.1. The van der Waals surface area contributed by atoms with E-state index < -0.39 is 11.6 Å². The van der Waals surface area contributed by atoms with Crippen molar-refractivity contribution in [3.8, 4) is 5.75 Å². The number of amides is 1. The lowest BCUT2D eigenvalue weighted by molar-refractivity contribution is -0.155. The van der Waals surface area contributed by atoms with Crippen LogP contribution in [0.2, 0.25) is 0 Å². The maximum Gasteiger partial charge on any atom is 0.326 e. The molecule has 140 valence electrons. The molecule has 0 bridgehead atoms. The minimum atomic E-state index is -0.581. The number of aryl methyl sites for hydroxylation is 1. The molecule has 0 spiro atoms. The fourth-order valence-corrected chi connectivity index (χ4v) is 2.81. The van der Waals surface area contributed by atoms with E-state index >= 15 is 0 Å². The van der Waals surface area contributed by atoms with Crippen molar-refractivity contribution in [2.24, 2.45) is 0 Å². The van der Waals surface area contributed by atoms with E-state index in [1.54, 1.807) is 63.4 Å². The standard InChI is InChI=1S/C19H24N2O4S/c1-13-20-15(12-26-13)11-24-16-8-6-7-14(9-16)18(23)21(5)10-17(22)25-19(2,3)4/h6-9,12H,10-11H2,1-5H3. The highest BCUT2D eigenvalue weighted by Gasteiger charge is 2.20. The summed E-state index contributed by atoms with van der Waals surface area (Å²) < 4.78 is 10.9. The summed E-state index contributed by atoms with van der Waals surface area (Å²) in [5.74, 6) is -0.141. The van der Waals surface area contributed by atoms with Crippen molar-refractivity contribution in [1.29, 1.82) is 0 Å². The Morgan fingerprint density at radius 2 is 2.00 bits per heavy atom. The summed E-state index contributed by atoms with van der Waals surface area (Å²) in [6.07, 6.45) is 0. The Morgan fingerprint density at radius 1 is 1.27 bits per heavy atom. The number of likely N-dealkylation sites (N-methyl/N-ethyl adjacent to an activating group) is 1. The van der Waals surface area contributed by atoms with Gasteiger partial charge >= 0.3 is 5.97 Å². The van der Waals surface area contributed by atoms with Gasteiger partial charge in [0, 0.05) is 18.0 Å². The van der Waals surface area contributed by atoms with Crippen molar-refractivity contribution < 1.29 is 19.1 Å². The first-order chi connectivity index (χ1) is 12.1. The van der Waals surface area contributed by atoms with Gasteiger partial charge in [-0.1, -0.05) is 6.07 Å². The van der Waals surface area contributed by atoms with Crippen molar-refractivity contribution >= 4 is 23.2 Å². The number of hydrogen-bond donors (Lipinski definition) is 0. The predicted molar refractivity (Wildman–Crippen MR) is 100 cm³/mol. The zero-order valence-corrected chi connectivity index (χ0v) is 16.6. The molecule has 0 saturated heterocycles. The van der Waals surface area contributed by atoms with Crippen LogP contribution < -0.4 is 4.74 Å². The molecule has 0 atom stereocenters. The Kier molecular flexibility index (Phi) is 6.37. The van der Waals surface area contributed by atoms with Crippen molar-refractivity contribution in [1.82, 2.24) is 9.88 Å². The number of esters is 1. The van der Waals surface area contributed by atoms with Crippen molar-refractivity contribution in [3.05, 3.63) is 45.9 Å². The van der Waals surface area contributed by atoms with Crippen LogP contribution in [0.25, 0.3) is 0 Å². The molecular formula is C19H24N2O4S. The van der Waals surface area contributed by atoms with Gasteiger partial charge in [0.1, 0.15) is 24.5 Å². The topological polar surface area (TPSA) is 68.7 Å². The summed E-state index contributed by atoms with van der Waals surface area (Å²) >= 11 is 1.57. The largest absolute Gasteiger partial charge is 0.487 e. The quantitative estimate of drug-likeness (QED) is 0.723. The first kappa shape index (κ1) is 19.9. The van der Waals surface area contributed by atoms with E-state index in [2.05, 4.69) is 4.98 Å². The van der Waals surface area contributed by atoms with Gasteiger partial charge in [-0.3, -0.25) is 9.59 Å². The summed E-state index contributed by atoms with van der Waals surface area (Å²) in [6, 6.07) is 6.88. The number of nitrogens with zero attached hydrogens (tertiary/aromatic N) is 2. The lowest BCUT2D eigenvalue weighted by Crippen LogP contribution is -2.36. The number of rotatable bonds is 6. The van der Waals surface area contributed by atoms with Crippen molar-refractivity contribution in [3.63, 3.8) is 0 Å². The Labute approximate surface area is 157 Å². The van der Waals surface area contributed by atoms with Crippen LogP contribution in [0.3, 0.4) is 0 Å². The number of ether oxygens (including phenoxy) is 2. The van der Waals surface area contributed by atoms with Gasteiger partial charge in [0.25, 0.3) is 5.91 Å². The van der Waals surface area contributed by atoms with Crippen LogP contribution in [-0.2, 0) is 16.1 Å². The number of carbonyl (C=O) groups excluding carboxylic acids is 2. The molecule has 7 heteroatoms. The van der Waals surface area contributed by atoms with Gasteiger partial charge in [-0.2, -0.15) is 0 Å². The number of aromatic nitrogens is 1. The maximum atomic E-state index is 12.5. The Bertz CT molecular complexity index is 780. The summed E-state index contributed by atoms with van der Waals surface area (Å²) in [6.45, 7) is 7.54. The fourth-order valence-electron chi connectivity index (χ4n) is 2.21. The van der Waals surface area contributed by atoms with E-state index in [1.165, 1.54) is 4.90 Å². The summed E-state index contributed by atoms with van der Waals surface area (Å²) in [5.41, 5.74) is 0.720. The molecule has 26 heavy (non-hydrogen) atoms. The number of carbonyl (C=O) groups is 2. The highest BCUT2D eigenvalue weighted by Crippen LogP contribution is 2.17. The van der Waals surface area contributed by atoms with Crippen LogP contribution in [-0.4, -0.2) is 41.0 Å². The minimum Gasteiger partial charge on any atom is -0.487 e. The zero-order valence-electron chi connectivity index (χ0n) is 15.7. The van der Waals surface area contributed by atoms with Crippen LogP contribution in [0.1, 0.15) is 41.8 Å². The molecule has 6 nitrogen and oxygen atoms in total. The minimum absolute atomic E-state index is 0.112. The lowest BCUT2D eigenvalue weighted by atomic mass is 10.2. The summed E-state index contributed by atoms with van der Waals surface area (Å²) in [4.78, 5) is 30.1. The molecule has 0 unspecified atom stereocenters. The molecule has 0 saturated carbocycles. The molecular weight excluding hydrogens is 352 g/mol. The summed E-state index contributed by atoms with van der Waals surface area (Å²) in [5, 5.41) is 2.93. The average molecular weight is 376 g/mol. The Balaban J connectivity index is 1.97. The van der Waals surface area contributed by atoms with E-state index in [1.807, 2.05) is 12.3 Å². The van der Waals surface area contributed by atoms with Crippen molar-refractivity contribution in [2.45, 2.75) is 39.9 Å². The van der Waals surface area contributed by atoms with Gasteiger partial charge in [-0.25, -0.2) is 4.98 Å². The first-order valence-electron chi connectivity index (χ1n) is 8.25. The van der Waals surface area contributed by atoms with Gasteiger partial charge in [0.15, 0.2) is 0 Å². The van der Waals surface area contributed by atoms with Gasteiger partial charge in [-0.15, -0.1) is 11.3 Å². The number of thiazole rings is 1. The second-order valence-corrected chi connectivity index (χ2v) is 7.98. The number of hydrogen-bond acceptors (Lipinski definition) is 6. The highest BCUT2D eigenvalue weighted by atomic mass is 32.1. The van der Waals surface area contributed by atoms with Gasteiger partial charge < -0.3 is 14.4 Å². The smallest absolute Gasteiger partial charge is 0.326 e. The van der Waals surface area contributed by atoms with Gasteiger partial charge in [0.05, 0.1) is 10.7 Å². The fraction of sp³-hybridized carbons (Fsp3) is 0.421. The molecule has 1 amide bonds. The molecule has 1 aromatic heterocycles. The molecule has 0 aliphatic heterocycles. The summed E-state index contributed by atoms with van der Waals surface area (Å²) in [7, 11) is 1.57. The predicted octanol–water partition coefficient (Wildman–Crippen LogP) is 3.44. The first-order valence-corrected chi connectivity index (χ1v) is 9.13. The molecule has 0 radical (unpaired) electrons. The van der Waals surface area contributed by atoms with Crippen LogP contribution >= 0.6 is 11.3 Å². The monoisotopic (exact) mass is 376 g/mol. The van der Waals surface area contributed by atoms with E-state index in [-0.39, 0.29) is 12.5 Å². The van der Waals surface area contributed by atoms with Gasteiger partial charge in [0.2, 0.25) is 0 Å². The molecule has 2 aromatic rings. The van der Waals surface area contributed by atoms with Crippen LogP contribution in [0.4, 0.5) is 0 Å². The second kappa shape index (κ2) is 8.31. The van der Waals surface area contributed by atoms with E-state index in [0.29, 0.717) is 17.9 Å². The molecule has 1 aromatic carbocycles. The third kappa shape index (κ3) is 6.15. The zero-order chi connectivity index (χ0) is 19.3. The molecule has 2 rings (SSSR count). The third-order valence-corrected chi connectivity index (χ3v) is 4.09. The molecule has 1 heterocycles. The lowest BCUT2D eigenvalue weighted by Gasteiger charge is -2.22. The molecule has 0 aliphatic rings.